The van der Waals surface area contributed by atoms with Crippen LogP contribution in [0, 0.1) is 0 Å². The summed E-state index contributed by atoms with van der Waals surface area (Å²) in [5.41, 5.74) is 0. The summed E-state index contributed by atoms with van der Waals surface area (Å²) < 4.78 is 12.1. The molecule has 0 radical (unpaired) electrons. The number of nitrogens with zero attached hydrogens (tertiary/aromatic N) is 1. The van der Waals surface area contributed by atoms with Gasteiger partial charge in [-0.2, -0.15) is 0 Å². The number of benzene rings is 1. The zero-order valence-electron chi connectivity index (χ0n) is 12.1. The van der Waals surface area contributed by atoms with Crippen molar-refractivity contribution in [2.75, 3.05) is 13.2 Å². The lowest BCUT2D eigenvalue weighted by Gasteiger charge is -2.30. The number of amides is 1. The molecule has 0 bridgehead atoms. The molecule has 3 rings (SSSR count). The smallest absolute Gasteiger partial charge is 0.267 e. The average Bonchev–Trinajstić information content (AvgIpc) is 2.96. The Hall–Kier alpha value is -1.72. The highest BCUT2D eigenvalue weighted by atomic mass is 35.5. The number of hydrogen-bond donors (Lipinski definition) is 0. The molecule has 0 N–H and O–H groups in total. The van der Waals surface area contributed by atoms with Gasteiger partial charge in [0, 0.05) is 11.4 Å². The molecule has 6 heteroatoms. The molecule has 116 valence electrons. The molecule has 0 aliphatic carbocycles. The Balaban J connectivity index is 1.69. The van der Waals surface area contributed by atoms with Crippen LogP contribution in [-0.2, 0) is 11.3 Å². The molecular formula is C16H16ClNO3S. The van der Waals surface area contributed by atoms with Gasteiger partial charge in [-0.1, -0.05) is 23.7 Å². The molecule has 1 aliphatic rings. The van der Waals surface area contributed by atoms with Crippen LogP contribution in [0.25, 0.3) is 0 Å². The van der Waals surface area contributed by atoms with E-state index in [1.165, 1.54) is 11.3 Å². The van der Waals surface area contributed by atoms with Crippen LogP contribution in [0.3, 0.4) is 0 Å². The van der Waals surface area contributed by atoms with Crippen LogP contribution in [0.15, 0.2) is 36.4 Å². The van der Waals surface area contributed by atoms with Gasteiger partial charge in [-0.3, -0.25) is 4.79 Å². The molecule has 2 aromatic rings. The van der Waals surface area contributed by atoms with Gasteiger partial charge >= 0.3 is 0 Å². The van der Waals surface area contributed by atoms with Crippen molar-refractivity contribution in [1.29, 1.82) is 0 Å². The Kier molecular flexibility index (Phi) is 4.55. The van der Waals surface area contributed by atoms with Crippen molar-refractivity contribution in [1.82, 2.24) is 4.90 Å². The molecule has 1 aromatic heterocycles. The van der Waals surface area contributed by atoms with Gasteiger partial charge in [-0.05, 0) is 31.2 Å². The van der Waals surface area contributed by atoms with E-state index in [0.717, 1.165) is 9.21 Å². The van der Waals surface area contributed by atoms with E-state index in [1.807, 2.05) is 43.3 Å². The third-order valence-corrected chi connectivity index (χ3v) is 4.67. The topological polar surface area (TPSA) is 38.8 Å². The number of ether oxygens (including phenoxy) is 2. The highest BCUT2D eigenvalue weighted by Crippen LogP contribution is 2.31. The van der Waals surface area contributed by atoms with Crippen molar-refractivity contribution in [2.24, 2.45) is 0 Å². The first-order chi connectivity index (χ1) is 10.7. The number of thiophene rings is 1. The molecule has 0 spiro atoms. The highest BCUT2D eigenvalue weighted by Gasteiger charge is 2.30. The molecule has 0 unspecified atom stereocenters. The second-order valence-corrected chi connectivity index (χ2v) is 6.72. The van der Waals surface area contributed by atoms with E-state index in [1.54, 1.807) is 4.90 Å². The summed E-state index contributed by atoms with van der Waals surface area (Å²) in [4.78, 5) is 15.5. The first-order valence-corrected chi connectivity index (χ1v) is 8.28. The van der Waals surface area contributed by atoms with Gasteiger partial charge in [-0.25, -0.2) is 0 Å². The van der Waals surface area contributed by atoms with Crippen molar-refractivity contribution >= 4 is 28.8 Å². The highest BCUT2D eigenvalue weighted by molar-refractivity contribution is 7.16. The minimum Gasteiger partial charge on any atom is -0.485 e. The zero-order chi connectivity index (χ0) is 15.5. The second kappa shape index (κ2) is 6.58. The van der Waals surface area contributed by atoms with Crippen LogP contribution < -0.4 is 9.47 Å². The number of hydrogen-bond acceptors (Lipinski definition) is 4. The summed E-state index contributed by atoms with van der Waals surface area (Å²) in [5, 5.41) is 0. The molecule has 1 aromatic carbocycles. The van der Waals surface area contributed by atoms with Crippen LogP contribution in [-0.4, -0.2) is 30.1 Å². The van der Waals surface area contributed by atoms with Crippen molar-refractivity contribution < 1.29 is 14.3 Å². The maximum Gasteiger partial charge on any atom is 0.267 e. The van der Waals surface area contributed by atoms with E-state index < -0.39 is 6.10 Å². The van der Waals surface area contributed by atoms with E-state index in [0.29, 0.717) is 24.6 Å². The molecular weight excluding hydrogens is 322 g/mol. The number of halogens is 1. The molecule has 1 aliphatic heterocycles. The van der Waals surface area contributed by atoms with Gasteiger partial charge in [0.1, 0.15) is 6.61 Å². The third kappa shape index (κ3) is 3.20. The predicted octanol–water partition coefficient (Wildman–Crippen LogP) is 3.59. The number of fused-ring (bicyclic) bond motifs is 1. The third-order valence-electron chi connectivity index (χ3n) is 3.45. The predicted molar refractivity (Wildman–Crippen MR) is 86.8 cm³/mol. The maximum absolute atomic E-state index is 12.6. The standard InChI is InChI=1S/C16H16ClNO3S/c1-2-18(9-11-7-8-15(17)22-11)16(19)14-10-20-12-5-3-4-6-13(12)21-14/h3-8,14H,2,9-10H2,1H3/t14-/m0/s1. The van der Waals surface area contributed by atoms with Crippen LogP contribution in [0.2, 0.25) is 4.34 Å². The number of likely N-dealkylation sites (N-methyl/N-ethyl adjacent to an activating group) is 1. The summed E-state index contributed by atoms with van der Waals surface area (Å²) in [7, 11) is 0. The largest absolute Gasteiger partial charge is 0.485 e. The minimum absolute atomic E-state index is 0.0680. The van der Waals surface area contributed by atoms with Gasteiger partial charge in [0.25, 0.3) is 5.91 Å². The summed E-state index contributed by atoms with van der Waals surface area (Å²) in [6.45, 7) is 3.33. The van der Waals surface area contributed by atoms with Gasteiger partial charge < -0.3 is 14.4 Å². The van der Waals surface area contributed by atoms with Crippen molar-refractivity contribution in [3.63, 3.8) is 0 Å². The van der Waals surface area contributed by atoms with Crippen molar-refractivity contribution in [2.45, 2.75) is 19.6 Å². The van der Waals surface area contributed by atoms with Crippen molar-refractivity contribution in [3.8, 4) is 11.5 Å². The monoisotopic (exact) mass is 337 g/mol. The Morgan fingerprint density at radius 2 is 2.09 bits per heavy atom. The van der Waals surface area contributed by atoms with Gasteiger partial charge in [0.2, 0.25) is 6.10 Å². The Bertz CT molecular complexity index is 673. The Morgan fingerprint density at radius 1 is 1.32 bits per heavy atom. The molecule has 0 saturated carbocycles. The lowest BCUT2D eigenvalue weighted by molar-refractivity contribution is -0.141. The first kappa shape index (κ1) is 15.2. The fourth-order valence-electron chi connectivity index (χ4n) is 2.32. The zero-order valence-corrected chi connectivity index (χ0v) is 13.7. The number of rotatable bonds is 4. The lowest BCUT2D eigenvalue weighted by Crippen LogP contribution is -2.45. The number of carbonyl (C=O) groups excluding carboxylic acids is 1. The SMILES string of the molecule is CCN(Cc1ccc(Cl)s1)C(=O)[C@@H]1COc2ccccc2O1. The Morgan fingerprint density at radius 3 is 2.77 bits per heavy atom. The lowest BCUT2D eigenvalue weighted by atomic mass is 10.2. The fraction of sp³-hybridized carbons (Fsp3) is 0.312. The van der Waals surface area contributed by atoms with E-state index in [9.17, 15) is 4.79 Å². The van der Waals surface area contributed by atoms with E-state index in [4.69, 9.17) is 21.1 Å². The van der Waals surface area contributed by atoms with Crippen LogP contribution >= 0.6 is 22.9 Å². The molecule has 22 heavy (non-hydrogen) atoms. The van der Waals surface area contributed by atoms with Gasteiger partial charge in [0.05, 0.1) is 10.9 Å². The molecule has 0 saturated heterocycles. The van der Waals surface area contributed by atoms with E-state index in [2.05, 4.69) is 0 Å². The molecule has 1 amide bonds. The first-order valence-electron chi connectivity index (χ1n) is 7.09. The molecule has 1 atom stereocenters. The van der Waals surface area contributed by atoms with Gasteiger partial charge in [-0.15, -0.1) is 11.3 Å². The maximum atomic E-state index is 12.6. The van der Waals surface area contributed by atoms with Crippen LogP contribution in [0.4, 0.5) is 0 Å². The average molecular weight is 338 g/mol. The quantitative estimate of drug-likeness (QED) is 0.855. The number of carbonyl (C=O) groups is 1. The molecule has 4 nitrogen and oxygen atoms in total. The van der Waals surface area contributed by atoms with E-state index in [-0.39, 0.29) is 12.5 Å². The molecule has 0 fully saturated rings. The van der Waals surface area contributed by atoms with E-state index >= 15 is 0 Å². The summed E-state index contributed by atoms with van der Waals surface area (Å²) in [5.74, 6) is 1.23. The number of para-hydroxylation sites is 2. The summed E-state index contributed by atoms with van der Waals surface area (Å²) >= 11 is 7.43. The fourth-order valence-corrected chi connectivity index (χ4v) is 3.42. The normalized spacial score (nSPS) is 16.4. The van der Waals surface area contributed by atoms with Gasteiger partial charge in [0.15, 0.2) is 11.5 Å². The Labute approximate surface area is 138 Å². The second-order valence-electron chi connectivity index (χ2n) is 4.92. The minimum atomic E-state index is -0.606. The molecule has 2 heterocycles. The summed E-state index contributed by atoms with van der Waals surface area (Å²) in [6, 6.07) is 11.2. The summed E-state index contributed by atoms with van der Waals surface area (Å²) in [6.07, 6.45) is -0.606. The van der Waals surface area contributed by atoms with Crippen LogP contribution in [0.5, 0.6) is 11.5 Å². The van der Waals surface area contributed by atoms with Crippen molar-refractivity contribution in [3.05, 3.63) is 45.6 Å². The van der Waals surface area contributed by atoms with Crippen LogP contribution in [0.1, 0.15) is 11.8 Å².